The zero-order valence-corrected chi connectivity index (χ0v) is 13.6. The molecule has 0 bridgehead atoms. The first-order chi connectivity index (χ1) is 10.4. The van der Waals surface area contributed by atoms with Crippen molar-refractivity contribution in [3.05, 3.63) is 65.2 Å². The van der Waals surface area contributed by atoms with Crippen LogP contribution in [0.2, 0.25) is 0 Å². The van der Waals surface area contributed by atoms with E-state index in [0.29, 0.717) is 12.0 Å². The first-order valence-electron chi connectivity index (χ1n) is 7.17. The van der Waals surface area contributed by atoms with Crippen LogP contribution in [0.4, 0.5) is 0 Å². The van der Waals surface area contributed by atoms with Crippen molar-refractivity contribution in [1.29, 1.82) is 0 Å². The third-order valence-corrected chi connectivity index (χ3v) is 5.02. The molecule has 0 amide bonds. The Labute approximate surface area is 131 Å². The second-order valence-electron chi connectivity index (χ2n) is 5.46. The summed E-state index contributed by atoms with van der Waals surface area (Å²) >= 11 is 0. The van der Waals surface area contributed by atoms with Gasteiger partial charge in [-0.25, -0.2) is 13.1 Å². The summed E-state index contributed by atoms with van der Waals surface area (Å²) in [6, 6.07) is 14.8. The molecule has 0 fully saturated rings. The average Bonchev–Trinajstić information content (AvgIpc) is 2.49. The molecule has 2 aromatic rings. The minimum Gasteiger partial charge on any atom is -0.391 e. The minimum atomic E-state index is -3.61. The fourth-order valence-corrected chi connectivity index (χ4v) is 3.64. The second-order valence-corrected chi connectivity index (χ2v) is 7.20. The van der Waals surface area contributed by atoms with Crippen LogP contribution in [0.15, 0.2) is 53.4 Å². The predicted molar refractivity (Wildman–Crippen MR) is 87.3 cm³/mol. The molecule has 2 N–H and O–H groups in total. The number of benzene rings is 2. The van der Waals surface area contributed by atoms with Gasteiger partial charge >= 0.3 is 0 Å². The zero-order chi connectivity index (χ0) is 16.2. The third kappa shape index (κ3) is 4.40. The summed E-state index contributed by atoms with van der Waals surface area (Å²) in [5.41, 5.74) is 2.55. The highest BCUT2D eigenvalue weighted by Gasteiger charge is 2.18. The van der Waals surface area contributed by atoms with Gasteiger partial charge in [0, 0.05) is 6.54 Å². The Hall–Kier alpha value is -1.69. The van der Waals surface area contributed by atoms with Crippen LogP contribution >= 0.6 is 0 Å². The number of hydrogen-bond acceptors (Lipinski definition) is 3. The molecule has 5 heteroatoms. The van der Waals surface area contributed by atoms with Gasteiger partial charge in [-0.1, -0.05) is 42.5 Å². The van der Waals surface area contributed by atoms with E-state index in [0.717, 1.165) is 11.1 Å². The quantitative estimate of drug-likeness (QED) is 0.858. The number of hydrogen-bond donors (Lipinski definition) is 2. The molecule has 0 saturated carbocycles. The average molecular weight is 319 g/mol. The largest absolute Gasteiger partial charge is 0.391 e. The summed E-state index contributed by atoms with van der Waals surface area (Å²) in [5.74, 6) is 0. The summed E-state index contributed by atoms with van der Waals surface area (Å²) in [6.07, 6.45) is -0.349. The fourth-order valence-electron chi connectivity index (χ4n) is 2.24. The van der Waals surface area contributed by atoms with Gasteiger partial charge in [0.1, 0.15) is 0 Å². The number of nitrogens with one attached hydrogen (secondary N) is 1. The lowest BCUT2D eigenvalue weighted by Crippen LogP contribution is -2.33. The number of sulfonamides is 1. The summed E-state index contributed by atoms with van der Waals surface area (Å²) in [5, 5.41) is 10.0. The maximum atomic E-state index is 12.3. The number of aryl methyl sites for hydroxylation is 2. The Morgan fingerprint density at radius 2 is 1.77 bits per heavy atom. The summed E-state index contributed by atoms with van der Waals surface area (Å²) in [6.45, 7) is 3.60. The SMILES string of the molecule is Cc1ccc(C)c(S(=O)(=O)NCC(O)Cc2ccccc2)c1. The topological polar surface area (TPSA) is 66.4 Å². The molecule has 0 spiro atoms. The molecule has 0 saturated heterocycles. The van der Waals surface area contributed by atoms with E-state index in [1.165, 1.54) is 0 Å². The highest BCUT2D eigenvalue weighted by molar-refractivity contribution is 7.89. The van der Waals surface area contributed by atoms with Crippen molar-refractivity contribution in [2.45, 2.75) is 31.3 Å². The highest BCUT2D eigenvalue weighted by atomic mass is 32.2. The van der Waals surface area contributed by atoms with Gasteiger partial charge in [0.2, 0.25) is 10.0 Å². The molecule has 4 nitrogen and oxygen atoms in total. The van der Waals surface area contributed by atoms with Crippen molar-refractivity contribution in [3.63, 3.8) is 0 Å². The Morgan fingerprint density at radius 3 is 2.45 bits per heavy atom. The van der Waals surface area contributed by atoms with Gasteiger partial charge in [0.25, 0.3) is 0 Å². The second kappa shape index (κ2) is 7.05. The van der Waals surface area contributed by atoms with Crippen LogP contribution in [0.1, 0.15) is 16.7 Å². The minimum absolute atomic E-state index is 0.00932. The Bertz CT molecular complexity index is 727. The molecule has 2 rings (SSSR count). The standard InChI is InChI=1S/C17H21NO3S/c1-13-8-9-14(2)17(10-13)22(20,21)18-12-16(19)11-15-6-4-3-5-7-15/h3-10,16,18-19H,11-12H2,1-2H3. The smallest absolute Gasteiger partial charge is 0.240 e. The molecule has 1 unspecified atom stereocenters. The fraction of sp³-hybridized carbons (Fsp3) is 0.294. The van der Waals surface area contributed by atoms with Crippen LogP contribution in [-0.4, -0.2) is 26.2 Å². The van der Waals surface area contributed by atoms with Crippen LogP contribution in [-0.2, 0) is 16.4 Å². The molecular formula is C17H21NO3S. The number of aliphatic hydroxyl groups is 1. The van der Waals surface area contributed by atoms with Crippen LogP contribution in [0.25, 0.3) is 0 Å². The molecule has 0 heterocycles. The van der Waals surface area contributed by atoms with E-state index in [4.69, 9.17) is 0 Å². The van der Waals surface area contributed by atoms with Crippen molar-refractivity contribution < 1.29 is 13.5 Å². The lowest BCUT2D eigenvalue weighted by Gasteiger charge is -2.14. The lowest BCUT2D eigenvalue weighted by molar-refractivity contribution is 0.179. The van der Waals surface area contributed by atoms with Crippen molar-refractivity contribution in [2.75, 3.05) is 6.54 Å². The molecule has 0 aliphatic carbocycles. The van der Waals surface area contributed by atoms with Gasteiger partial charge in [0.05, 0.1) is 11.0 Å². The normalized spacial score (nSPS) is 13.0. The van der Waals surface area contributed by atoms with Gasteiger partial charge < -0.3 is 5.11 Å². The van der Waals surface area contributed by atoms with Crippen LogP contribution in [0.5, 0.6) is 0 Å². The van der Waals surface area contributed by atoms with Gasteiger partial charge in [-0.2, -0.15) is 0 Å². The zero-order valence-electron chi connectivity index (χ0n) is 12.8. The number of rotatable bonds is 6. The maximum Gasteiger partial charge on any atom is 0.240 e. The summed E-state index contributed by atoms with van der Waals surface area (Å²) in [7, 11) is -3.61. The highest BCUT2D eigenvalue weighted by Crippen LogP contribution is 2.16. The molecule has 0 radical (unpaired) electrons. The van der Waals surface area contributed by atoms with Gasteiger partial charge in [-0.3, -0.25) is 0 Å². The Balaban J connectivity index is 2.02. The molecule has 0 aliphatic heterocycles. The molecule has 0 aliphatic rings. The molecule has 22 heavy (non-hydrogen) atoms. The first-order valence-corrected chi connectivity index (χ1v) is 8.66. The molecule has 1 atom stereocenters. The van der Waals surface area contributed by atoms with E-state index in [2.05, 4.69) is 4.72 Å². The van der Waals surface area contributed by atoms with Crippen LogP contribution in [0, 0.1) is 13.8 Å². The van der Waals surface area contributed by atoms with E-state index in [9.17, 15) is 13.5 Å². The summed E-state index contributed by atoms with van der Waals surface area (Å²) in [4.78, 5) is 0.263. The van der Waals surface area contributed by atoms with Gasteiger partial charge in [-0.15, -0.1) is 0 Å². The van der Waals surface area contributed by atoms with Gasteiger partial charge in [0.15, 0.2) is 0 Å². The predicted octanol–water partition coefficient (Wildman–Crippen LogP) is 2.19. The van der Waals surface area contributed by atoms with E-state index in [1.807, 2.05) is 43.3 Å². The summed E-state index contributed by atoms with van der Waals surface area (Å²) < 4.78 is 27.2. The van der Waals surface area contributed by atoms with Crippen molar-refractivity contribution in [1.82, 2.24) is 4.72 Å². The third-order valence-electron chi connectivity index (χ3n) is 3.46. The Morgan fingerprint density at radius 1 is 1.09 bits per heavy atom. The molecule has 118 valence electrons. The molecule has 2 aromatic carbocycles. The van der Waals surface area contributed by atoms with E-state index in [1.54, 1.807) is 19.1 Å². The van der Waals surface area contributed by atoms with E-state index < -0.39 is 16.1 Å². The van der Waals surface area contributed by atoms with Gasteiger partial charge in [-0.05, 0) is 43.0 Å². The van der Waals surface area contributed by atoms with Crippen molar-refractivity contribution in [3.8, 4) is 0 Å². The van der Waals surface area contributed by atoms with E-state index in [-0.39, 0.29) is 11.4 Å². The Kier molecular flexibility index (Phi) is 5.34. The maximum absolute atomic E-state index is 12.3. The number of aliphatic hydroxyl groups excluding tert-OH is 1. The van der Waals surface area contributed by atoms with E-state index >= 15 is 0 Å². The lowest BCUT2D eigenvalue weighted by atomic mass is 10.1. The van der Waals surface area contributed by atoms with Crippen LogP contribution < -0.4 is 4.72 Å². The van der Waals surface area contributed by atoms with Crippen molar-refractivity contribution in [2.24, 2.45) is 0 Å². The van der Waals surface area contributed by atoms with Crippen molar-refractivity contribution >= 4 is 10.0 Å². The first kappa shape index (κ1) is 16.7. The monoisotopic (exact) mass is 319 g/mol. The van der Waals surface area contributed by atoms with Crippen LogP contribution in [0.3, 0.4) is 0 Å². The molecular weight excluding hydrogens is 298 g/mol. The molecule has 0 aromatic heterocycles.